The third kappa shape index (κ3) is 6.05. The van der Waals surface area contributed by atoms with Crippen LogP contribution in [0.25, 0.3) is 0 Å². The molecule has 0 rings (SSSR count). The van der Waals surface area contributed by atoms with Gasteiger partial charge in [-0.25, -0.2) is 0 Å². The molecule has 0 aliphatic carbocycles. The molecule has 0 amide bonds. The lowest BCUT2D eigenvalue weighted by molar-refractivity contribution is -0.303. The maximum Gasteiger partial charge on any atom is 0.573 e. The summed E-state index contributed by atoms with van der Waals surface area (Å²) in [7, 11) is 0. The monoisotopic (exact) mass is 206 g/mol. The van der Waals surface area contributed by atoms with Crippen LogP contribution >= 0.6 is 0 Å². The first-order chi connectivity index (χ1) is 6.39. The lowest BCUT2D eigenvalue weighted by atomic mass is 10.2. The van der Waals surface area contributed by atoms with Gasteiger partial charge in [0.05, 0.1) is 0 Å². The van der Waals surface area contributed by atoms with Crippen molar-refractivity contribution in [2.75, 3.05) is 0 Å². The molecule has 0 aromatic heterocycles. The van der Waals surface area contributed by atoms with Gasteiger partial charge in [0, 0.05) is 5.57 Å². The third-order valence-corrected chi connectivity index (χ3v) is 1.18. The largest absolute Gasteiger partial charge is 0.573 e. The molecule has 0 N–H and O–H groups in total. The number of hydrogen-bond acceptors (Lipinski definition) is 2. The molecule has 0 spiro atoms. The molecule has 0 aliphatic heterocycles. The van der Waals surface area contributed by atoms with Crippen LogP contribution in [0.3, 0.4) is 0 Å². The van der Waals surface area contributed by atoms with Crippen LogP contribution in [-0.2, 0) is 9.53 Å². The van der Waals surface area contributed by atoms with Crippen molar-refractivity contribution in [2.24, 2.45) is 0 Å². The lowest BCUT2D eigenvalue weighted by Crippen LogP contribution is -2.11. The summed E-state index contributed by atoms with van der Waals surface area (Å²) in [5.74, 6) is -0.571. The minimum atomic E-state index is -4.75. The second-order valence-corrected chi connectivity index (χ2v) is 2.25. The molecule has 14 heavy (non-hydrogen) atoms. The van der Waals surface area contributed by atoms with Crippen molar-refractivity contribution in [3.8, 4) is 0 Å². The number of carbonyl (C=O) groups excluding carboxylic acids is 1. The van der Waals surface area contributed by atoms with Crippen molar-refractivity contribution in [3.05, 3.63) is 36.1 Å². The highest BCUT2D eigenvalue weighted by molar-refractivity contribution is 5.77. The standard InChI is InChI=1S/C9H9F3O2/c1-3-8(6-13)5-4-7(2)14-9(10,11)12/h3-6H,2H2,1H3/b5-4-,8-3+. The quantitative estimate of drug-likeness (QED) is 0.306. The molecule has 0 atom stereocenters. The summed E-state index contributed by atoms with van der Waals surface area (Å²) in [5.41, 5.74) is 0.247. The first kappa shape index (κ1) is 12.5. The number of aldehydes is 1. The molecule has 0 saturated heterocycles. The summed E-state index contributed by atoms with van der Waals surface area (Å²) in [4.78, 5) is 10.2. The zero-order chi connectivity index (χ0) is 11.2. The van der Waals surface area contributed by atoms with E-state index in [1.54, 1.807) is 6.92 Å². The average molecular weight is 206 g/mol. The van der Waals surface area contributed by atoms with Crippen LogP contribution in [0.1, 0.15) is 6.92 Å². The molecule has 5 heteroatoms. The Bertz CT molecular complexity index is 274. The number of hydrogen-bond donors (Lipinski definition) is 0. The van der Waals surface area contributed by atoms with Gasteiger partial charge in [-0.05, 0) is 19.1 Å². The SMILES string of the molecule is C=C(/C=C\C(C=O)=C/C)OC(F)(F)F. The van der Waals surface area contributed by atoms with Gasteiger partial charge in [-0.2, -0.15) is 0 Å². The van der Waals surface area contributed by atoms with Crippen molar-refractivity contribution < 1.29 is 22.7 Å². The zero-order valence-electron chi connectivity index (χ0n) is 7.47. The van der Waals surface area contributed by atoms with Gasteiger partial charge < -0.3 is 4.74 Å². The van der Waals surface area contributed by atoms with Gasteiger partial charge in [0.1, 0.15) is 12.0 Å². The van der Waals surface area contributed by atoms with Gasteiger partial charge in [0.15, 0.2) is 0 Å². The van der Waals surface area contributed by atoms with Gasteiger partial charge in [0.25, 0.3) is 0 Å². The molecular weight excluding hydrogens is 197 g/mol. The second kappa shape index (κ2) is 5.26. The van der Waals surface area contributed by atoms with Gasteiger partial charge in [-0.15, -0.1) is 13.2 Å². The van der Waals surface area contributed by atoms with E-state index in [9.17, 15) is 18.0 Å². The molecular formula is C9H9F3O2. The van der Waals surface area contributed by atoms with E-state index in [-0.39, 0.29) is 5.57 Å². The first-order valence-corrected chi connectivity index (χ1v) is 3.63. The Morgan fingerprint density at radius 3 is 2.29 bits per heavy atom. The molecule has 0 heterocycles. The summed E-state index contributed by atoms with van der Waals surface area (Å²) < 4.78 is 38.2. The molecule has 0 radical (unpaired) electrons. The topological polar surface area (TPSA) is 26.3 Å². The van der Waals surface area contributed by atoms with Crippen molar-refractivity contribution in [3.63, 3.8) is 0 Å². The number of alkyl halides is 3. The van der Waals surface area contributed by atoms with Gasteiger partial charge in [-0.3, -0.25) is 4.79 Å². The second-order valence-electron chi connectivity index (χ2n) is 2.25. The Kier molecular flexibility index (Phi) is 4.69. The molecule has 0 aliphatic rings. The molecule has 0 aromatic carbocycles. The highest BCUT2D eigenvalue weighted by Gasteiger charge is 2.30. The van der Waals surface area contributed by atoms with Crippen LogP contribution in [0.15, 0.2) is 36.1 Å². The van der Waals surface area contributed by atoms with E-state index in [0.717, 1.165) is 6.08 Å². The van der Waals surface area contributed by atoms with Crippen molar-refractivity contribution in [1.29, 1.82) is 0 Å². The number of ether oxygens (including phenoxy) is 1. The highest BCUT2D eigenvalue weighted by Crippen LogP contribution is 2.20. The Labute approximate surface area is 79.4 Å². The van der Waals surface area contributed by atoms with Gasteiger partial charge in [-0.1, -0.05) is 12.7 Å². The lowest BCUT2D eigenvalue weighted by Gasteiger charge is -2.07. The fourth-order valence-electron chi connectivity index (χ4n) is 0.575. The van der Waals surface area contributed by atoms with Crippen molar-refractivity contribution in [1.82, 2.24) is 0 Å². The highest BCUT2D eigenvalue weighted by atomic mass is 19.4. The molecule has 0 aromatic rings. The summed E-state index contributed by atoms with van der Waals surface area (Å²) in [5, 5.41) is 0. The Morgan fingerprint density at radius 1 is 1.36 bits per heavy atom. The summed E-state index contributed by atoms with van der Waals surface area (Å²) in [6, 6.07) is 0. The molecule has 0 unspecified atom stereocenters. The first-order valence-electron chi connectivity index (χ1n) is 3.63. The average Bonchev–Trinajstić information content (AvgIpc) is 2.03. The number of halogens is 3. The maximum atomic E-state index is 11.6. The van der Waals surface area contributed by atoms with Crippen LogP contribution in [0.4, 0.5) is 13.2 Å². The molecule has 0 bridgehead atoms. The summed E-state index contributed by atoms with van der Waals surface area (Å²) >= 11 is 0. The van der Waals surface area contributed by atoms with Crippen LogP contribution < -0.4 is 0 Å². The van der Waals surface area contributed by atoms with E-state index in [2.05, 4.69) is 11.3 Å². The Morgan fingerprint density at radius 2 is 1.93 bits per heavy atom. The predicted molar refractivity (Wildman–Crippen MR) is 45.2 cm³/mol. The van der Waals surface area contributed by atoms with E-state index in [0.29, 0.717) is 6.29 Å². The van der Waals surface area contributed by atoms with Crippen molar-refractivity contribution >= 4 is 6.29 Å². The fraction of sp³-hybridized carbons (Fsp3) is 0.222. The van der Waals surface area contributed by atoms with Crippen LogP contribution in [0.5, 0.6) is 0 Å². The number of carbonyl (C=O) groups is 1. The summed E-state index contributed by atoms with van der Waals surface area (Å²) in [6.07, 6.45) is -0.640. The molecule has 0 saturated carbocycles. The predicted octanol–water partition coefficient (Wildman–Crippen LogP) is 2.74. The summed E-state index contributed by atoms with van der Waals surface area (Å²) in [6.45, 7) is 4.59. The molecule has 0 fully saturated rings. The van der Waals surface area contributed by atoms with Crippen LogP contribution in [0.2, 0.25) is 0 Å². The van der Waals surface area contributed by atoms with E-state index in [1.807, 2.05) is 0 Å². The number of allylic oxidation sites excluding steroid dienone is 4. The smallest absolute Gasteiger partial charge is 0.406 e. The normalized spacial score (nSPS) is 13.0. The fourth-order valence-corrected chi connectivity index (χ4v) is 0.575. The zero-order valence-corrected chi connectivity index (χ0v) is 7.47. The molecule has 78 valence electrons. The van der Waals surface area contributed by atoms with E-state index >= 15 is 0 Å². The Balaban J connectivity index is 4.26. The van der Waals surface area contributed by atoms with Crippen molar-refractivity contribution in [2.45, 2.75) is 13.3 Å². The van der Waals surface area contributed by atoms with Crippen LogP contribution in [-0.4, -0.2) is 12.6 Å². The van der Waals surface area contributed by atoms with Gasteiger partial charge in [0.2, 0.25) is 0 Å². The third-order valence-electron chi connectivity index (χ3n) is 1.18. The van der Waals surface area contributed by atoms with E-state index < -0.39 is 12.1 Å². The Hall–Kier alpha value is -1.52. The molecule has 2 nitrogen and oxygen atoms in total. The van der Waals surface area contributed by atoms with Crippen LogP contribution in [0, 0.1) is 0 Å². The van der Waals surface area contributed by atoms with Gasteiger partial charge >= 0.3 is 6.36 Å². The number of rotatable bonds is 4. The maximum absolute atomic E-state index is 11.6. The van der Waals surface area contributed by atoms with E-state index in [4.69, 9.17) is 0 Å². The minimum absolute atomic E-state index is 0.247. The minimum Gasteiger partial charge on any atom is -0.406 e. The van der Waals surface area contributed by atoms with E-state index in [1.165, 1.54) is 12.2 Å².